The Morgan fingerprint density at radius 1 is 1.25 bits per heavy atom. The van der Waals surface area contributed by atoms with Gasteiger partial charge in [-0.1, -0.05) is 5.16 Å². The number of benzene rings is 1. The number of aromatic nitrogens is 1. The van der Waals surface area contributed by atoms with Gasteiger partial charge < -0.3 is 9.08 Å². The number of halogens is 3. The first-order valence-corrected chi connectivity index (χ1v) is 10.5. The highest BCUT2D eigenvalue weighted by Crippen LogP contribution is 2.35. The van der Waals surface area contributed by atoms with Crippen LogP contribution in [0.2, 0.25) is 0 Å². The van der Waals surface area contributed by atoms with Crippen molar-refractivity contribution in [2.24, 2.45) is 0 Å². The summed E-state index contributed by atoms with van der Waals surface area (Å²) >= 11 is 1.43. The smallest absolute Gasteiger partial charge is 0.170 e. The summed E-state index contributed by atoms with van der Waals surface area (Å²) in [5.74, 6) is -1.61. The zero-order valence-electron chi connectivity index (χ0n) is 16.6. The van der Waals surface area contributed by atoms with Crippen molar-refractivity contribution in [1.82, 2.24) is 9.88 Å². The molecule has 154 valence electrons. The molecule has 1 aromatic heterocycles. The molecule has 0 spiro atoms. The van der Waals surface area contributed by atoms with Gasteiger partial charge in [-0.05, 0) is 63.5 Å². The molecule has 2 aromatic rings. The summed E-state index contributed by atoms with van der Waals surface area (Å²) in [6.07, 6.45) is -0.229. The third-order valence-corrected chi connectivity index (χ3v) is 6.66. The van der Waals surface area contributed by atoms with Gasteiger partial charge in [0.05, 0.1) is 21.3 Å². The summed E-state index contributed by atoms with van der Waals surface area (Å²) in [6, 6.07) is 2.00. The minimum atomic E-state index is -1.62. The second-order valence-electron chi connectivity index (χ2n) is 7.86. The van der Waals surface area contributed by atoms with Crippen LogP contribution < -0.4 is 4.72 Å². The van der Waals surface area contributed by atoms with Crippen molar-refractivity contribution in [3.05, 3.63) is 50.8 Å². The van der Waals surface area contributed by atoms with Crippen LogP contribution in [0, 0.1) is 25.5 Å². The first-order chi connectivity index (χ1) is 12.8. The van der Waals surface area contributed by atoms with E-state index in [4.69, 9.17) is 4.52 Å². The normalized spacial score (nSPS) is 15.4. The fraction of sp³-hybridized carbons (Fsp3) is 0.474. The molecule has 0 fully saturated rings. The molecule has 1 unspecified atom stereocenters. The summed E-state index contributed by atoms with van der Waals surface area (Å²) in [4.78, 5) is 13.0. The second kappa shape index (κ2) is 8.22. The van der Waals surface area contributed by atoms with Crippen LogP contribution in [-0.4, -0.2) is 20.2 Å². The monoisotopic (exact) mass is 476 g/mol. The number of ketones is 1. The predicted molar refractivity (Wildman–Crippen MR) is 107 cm³/mol. The van der Waals surface area contributed by atoms with Crippen molar-refractivity contribution in [2.75, 3.05) is 0 Å². The Morgan fingerprint density at radius 3 is 2.36 bits per heavy atom. The number of hydrogen-bond donors (Lipinski definition) is 1. The maximum atomic E-state index is 14.7. The molecule has 2 atom stereocenters. The van der Waals surface area contributed by atoms with Crippen molar-refractivity contribution < 1.29 is 22.7 Å². The van der Waals surface area contributed by atoms with Crippen LogP contribution in [-0.2, 0) is 16.9 Å². The molecule has 0 bridgehead atoms. The minimum absolute atomic E-state index is 0.0264. The van der Waals surface area contributed by atoms with Crippen LogP contribution in [0.3, 0.4) is 0 Å². The van der Waals surface area contributed by atoms with Crippen molar-refractivity contribution in [3.63, 3.8) is 0 Å². The van der Waals surface area contributed by atoms with Gasteiger partial charge in [0.2, 0.25) is 0 Å². The van der Waals surface area contributed by atoms with Gasteiger partial charge >= 0.3 is 0 Å². The van der Waals surface area contributed by atoms with Gasteiger partial charge in [0.1, 0.15) is 22.1 Å². The number of nitrogens with zero attached hydrogens (tertiary/aromatic N) is 1. The quantitative estimate of drug-likeness (QED) is 0.365. The SMILES string of the molecule is Cc1noc(C)c1C(=O)C[C@](C)(N[S+]([O-])C(C)(C)C)c1cc(Br)c(F)cc1F. The van der Waals surface area contributed by atoms with Crippen molar-refractivity contribution >= 4 is 33.1 Å². The number of rotatable bonds is 6. The van der Waals surface area contributed by atoms with Crippen molar-refractivity contribution in [3.8, 4) is 0 Å². The van der Waals surface area contributed by atoms with Gasteiger partial charge in [-0.15, -0.1) is 4.72 Å². The van der Waals surface area contributed by atoms with E-state index < -0.39 is 33.3 Å². The fourth-order valence-corrected chi connectivity index (χ4v) is 4.02. The lowest BCUT2D eigenvalue weighted by atomic mass is 9.85. The zero-order valence-corrected chi connectivity index (χ0v) is 19.0. The highest BCUT2D eigenvalue weighted by molar-refractivity contribution is 9.10. The first kappa shape index (κ1) is 23.0. The third kappa shape index (κ3) is 4.82. The van der Waals surface area contributed by atoms with E-state index in [1.165, 1.54) is 6.07 Å². The molecule has 0 amide bonds. The maximum absolute atomic E-state index is 14.7. The number of hydrogen-bond acceptors (Lipinski definition) is 5. The van der Waals surface area contributed by atoms with E-state index >= 15 is 0 Å². The van der Waals surface area contributed by atoms with Gasteiger partial charge in [-0.25, -0.2) is 8.78 Å². The van der Waals surface area contributed by atoms with Crippen LogP contribution in [0.5, 0.6) is 0 Å². The molecule has 9 heteroatoms. The molecule has 0 saturated carbocycles. The van der Waals surface area contributed by atoms with Gasteiger partial charge in [0.25, 0.3) is 0 Å². The Hall–Kier alpha value is -1.29. The molecule has 0 aliphatic carbocycles. The van der Waals surface area contributed by atoms with Crippen LogP contribution in [0.15, 0.2) is 21.1 Å². The number of Topliss-reactive ketones (excluding diaryl/α,β-unsaturated/α-hetero) is 1. The lowest BCUT2D eigenvalue weighted by Gasteiger charge is -2.35. The maximum Gasteiger partial charge on any atom is 0.170 e. The Balaban J connectivity index is 2.53. The second-order valence-corrected chi connectivity index (χ2v) is 10.7. The lowest BCUT2D eigenvalue weighted by molar-refractivity contribution is 0.0947. The minimum Gasteiger partial charge on any atom is -0.598 e. The molecular weight excluding hydrogens is 454 g/mol. The van der Waals surface area contributed by atoms with E-state index in [-0.39, 0.29) is 22.2 Å². The summed E-state index contributed by atoms with van der Waals surface area (Å²) in [5.41, 5.74) is -0.622. The van der Waals surface area contributed by atoms with Crippen LogP contribution >= 0.6 is 15.9 Å². The average molecular weight is 477 g/mol. The zero-order chi connectivity index (χ0) is 21.4. The van der Waals surface area contributed by atoms with E-state index in [2.05, 4.69) is 25.8 Å². The highest BCUT2D eigenvalue weighted by atomic mass is 79.9. The van der Waals surface area contributed by atoms with Crippen molar-refractivity contribution in [2.45, 2.75) is 58.2 Å². The molecule has 1 heterocycles. The van der Waals surface area contributed by atoms with Gasteiger partial charge in [0, 0.05) is 29.4 Å². The molecule has 0 aliphatic heterocycles. The van der Waals surface area contributed by atoms with Crippen LogP contribution in [0.4, 0.5) is 8.78 Å². The molecule has 1 N–H and O–H groups in total. The average Bonchev–Trinajstić information content (AvgIpc) is 2.88. The molecule has 28 heavy (non-hydrogen) atoms. The molecular formula is C19H23BrF2N2O3S. The number of nitrogens with one attached hydrogen (secondary N) is 1. The van der Waals surface area contributed by atoms with Crippen molar-refractivity contribution in [1.29, 1.82) is 0 Å². The predicted octanol–water partition coefficient (Wildman–Crippen LogP) is 4.87. The summed E-state index contributed by atoms with van der Waals surface area (Å²) in [5, 5.41) is 3.78. The van der Waals surface area contributed by atoms with E-state index in [9.17, 15) is 18.1 Å². The molecule has 2 rings (SSSR count). The van der Waals surface area contributed by atoms with Crippen LogP contribution in [0.1, 0.15) is 61.5 Å². The summed E-state index contributed by atoms with van der Waals surface area (Å²) in [7, 11) is 0. The van der Waals surface area contributed by atoms with Gasteiger partial charge in [-0.2, -0.15) is 0 Å². The largest absolute Gasteiger partial charge is 0.598 e. The highest BCUT2D eigenvalue weighted by Gasteiger charge is 2.41. The van der Waals surface area contributed by atoms with Gasteiger partial charge in [0.15, 0.2) is 5.78 Å². The van der Waals surface area contributed by atoms with E-state index in [0.717, 1.165) is 6.07 Å². The number of aryl methyl sites for hydroxylation is 2. The molecule has 0 saturated heterocycles. The Kier molecular flexibility index (Phi) is 6.75. The standard InChI is InChI=1S/C19H23BrF2N2O3S/c1-10-17(11(2)27-23-10)16(25)9-19(6,24-28(26)18(3,4)5)12-7-13(20)15(22)8-14(12)21/h7-8,24H,9H2,1-6H3/t19-,28?/m0/s1. The molecule has 5 nitrogen and oxygen atoms in total. The summed E-state index contributed by atoms with van der Waals surface area (Å²) in [6.45, 7) is 10.1. The first-order valence-electron chi connectivity index (χ1n) is 8.57. The lowest BCUT2D eigenvalue weighted by Crippen LogP contribution is -2.51. The van der Waals surface area contributed by atoms with E-state index in [0.29, 0.717) is 17.0 Å². The molecule has 0 radical (unpaired) electrons. The topological polar surface area (TPSA) is 78.2 Å². The Bertz CT molecular complexity index is 879. The Morgan fingerprint density at radius 2 is 1.86 bits per heavy atom. The van der Waals surface area contributed by atoms with Crippen LogP contribution in [0.25, 0.3) is 0 Å². The third-order valence-electron chi connectivity index (χ3n) is 4.30. The number of carbonyl (C=O) groups is 1. The fourth-order valence-electron chi connectivity index (χ4n) is 2.78. The van der Waals surface area contributed by atoms with E-state index in [1.54, 1.807) is 41.5 Å². The molecule has 0 aliphatic rings. The summed E-state index contributed by atoms with van der Waals surface area (Å²) < 4.78 is 48.5. The van der Waals surface area contributed by atoms with E-state index in [1.807, 2.05) is 0 Å². The number of carbonyl (C=O) groups excluding carboxylic acids is 1. The Labute approximate surface area is 174 Å². The molecule has 1 aromatic carbocycles. The van der Waals surface area contributed by atoms with Gasteiger partial charge in [-0.3, -0.25) is 4.79 Å².